The minimum absolute atomic E-state index is 0.379. The molecule has 0 saturated carbocycles. The average Bonchev–Trinajstić information content (AvgIpc) is 2.31. The van der Waals surface area contributed by atoms with Crippen molar-refractivity contribution in [3.63, 3.8) is 0 Å². The van der Waals surface area contributed by atoms with Crippen LogP contribution in [-0.4, -0.2) is 6.61 Å². The minimum Gasteiger partial charge on any atom is -0.494 e. The van der Waals surface area contributed by atoms with Crippen LogP contribution in [0.25, 0.3) is 0 Å². The van der Waals surface area contributed by atoms with Gasteiger partial charge in [-0.25, -0.2) is 0 Å². The number of halogens is 1. The van der Waals surface area contributed by atoms with Crippen molar-refractivity contribution in [1.29, 1.82) is 0 Å². The molecule has 0 bridgehead atoms. The number of benzene rings is 1. The Hall–Kier alpha value is -0.950. The van der Waals surface area contributed by atoms with Crippen LogP contribution < -0.4 is 4.74 Å². The third-order valence-electron chi connectivity index (χ3n) is 2.52. The smallest absolute Gasteiger partial charge is 0.119 e. The number of hydrogen-bond acceptors (Lipinski definition) is 1. The summed E-state index contributed by atoms with van der Waals surface area (Å²) in [6.45, 7) is 6.80. The zero-order valence-electron chi connectivity index (χ0n) is 10.2. The summed E-state index contributed by atoms with van der Waals surface area (Å²) in [7, 11) is 0. The highest BCUT2D eigenvalue weighted by Gasteiger charge is 2.06. The van der Waals surface area contributed by atoms with Gasteiger partial charge in [0.2, 0.25) is 0 Å². The van der Waals surface area contributed by atoms with E-state index in [9.17, 15) is 0 Å². The Bertz CT molecular complexity index is 340. The highest BCUT2D eigenvalue weighted by molar-refractivity contribution is 6.29. The fraction of sp³-hybridized carbons (Fsp3) is 0.429. The molecule has 1 atom stereocenters. The summed E-state index contributed by atoms with van der Waals surface area (Å²) in [5.41, 5.74) is 1.29. The molecule has 0 spiro atoms. The van der Waals surface area contributed by atoms with E-state index in [0.717, 1.165) is 17.2 Å². The van der Waals surface area contributed by atoms with Crippen LogP contribution in [0.15, 0.2) is 35.4 Å². The molecule has 0 amide bonds. The summed E-state index contributed by atoms with van der Waals surface area (Å²) in [6, 6.07) is 8.22. The Kier molecular flexibility index (Phi) is 5.41. The first kappa shape index (κ1) is 13.1. The number of hydrogen-bond donors (Lipinski definition) is 0. The molecule has 1 nitrogen and oxygen atoms in total. The van der Waals surface area contributed by atoms with E-state index in [1.807, 2.05) is 32.1 Å². The second-order valence-electron chi connectivity index (χ2n) is 3.86. The standard InChI is InChI=1S/C14H19ClO/c1-4-14(15)11(3)10-12-6-8-13(9-7-12)16-5-2/h4,6-9,11H,5,10H2,1-3H3. The maximum Gasteiger partial charge on any atom is 0.119 e. The van der Waals surface area contributed by atoms with Crippen LogP contribution in [0.2, 0.25) is 0 Å². The van der Waals surface area contributed by atoms with Crippen molar-refractivity contribution in [2.75, 3.05) is 6.61 Å². The van der Waals surface area contributed by atoms with E-state index in [2.05, 4.69) is 19.1 Å². The maximum absolute atomic E-state index is 6.08. The first-order chi connectivity index (χ1) is 7.67. The molecule has 1 aromatic carbocycles. The first-order valence-corrected chi connectivity index (χ1v) is 6.08. The van der Waals surface area contributed by atoms with Gasteiger partial charge in [-0.2, -0.15) is 0 Å². The van der Waals surface area contributed by atoms with Crippen LogP contribution in [0.5, 0.6) is 5.75 Å². The van der Waals surface area contributed by atoms with Crippen molar-refractivity contribution in [3.05, 3.63) is 40.9 Å². The monoisotopic (exact) mass is 238 g/mol. The summed E-state index contributed by atoms with van der Waals surface area (Å²) in [6.07, 6.45) is 2.93. The van der Waals surface area contributed by atoms with Crippen molar-refractivity contribution < 1.29 is 4.74 Å². The van der Waals surface area contributed by atoms with Gasteiger partial charge in [-0.3, -0.25) is 0 Å². The van der Waals surface area contributed by atoms with E-state index >= 15 is 0 Å². The van der Waals surface area contributed by atoms with Gasteiger partial charge in [0.15, 0.2) is 0 Å². The molecular formula is C14H19ClO. The molecule has 1 unspecified atom stereocenters. The van der Waals surface area contributed by atoms with Gasteiger partial charge in [0.25, 0.3) is 0 Å². The Labute approximate surface area is 103 Å². The number of ether oxygens (including phenoxy) is 1. The van der Waals surface area contributed by atoms with Gasteiger partial charge >= 0.3 is 0 Å². The van der Waals surface area contributed by atoms with Crippen LogP contribution in [0.3, 0.4) is 0 Å². The zero-order chi connectivity index (χ0) is 12.0. The topological polar surface area (TPSA) is 9.23 Å². The Morgan fingerprint density at radius 3 is 2.50 bits per heavy atom. The van der Waals surface area contributed by atoms with Crippen molar-refractivity contribution >= 4 is 11.6 Å². The van der Waals surface area contributed by atoms with E-state index in [1.165, 1.54) is 5.56 Å². The minimum atomic E-state index is 0.379. The fourth-order valence-electron chi connectivity index (χ4n) is 1.62. The zero-order valence-corrected chi connectivity index (χ0v) is 10.9. The van der Waals surface area contributed by atoms with E-state index < -0.39 is 0 Å². The van der Waals surface area contributed by atoms with Gasteiger partial charge in [-0.15, -0.1) is 0 Å². The molecule has 0 radical (unpaired) electrons. The summed E-state index contributed by atoms with van der Waals surface area (Å²) in [5.74, 6) is 1.31. The lowest BCUT2D eigenvalue weighted by Gasteiger charge is -2.10. The molecule has 0 aliphatic rings. The lowest BCUT2D eigenvalue weighted by molar-refractivity contribution is 0.340. The van der Waals surface area contributed by atoms with Gasteiger partial charge in [0.1, 0.15) is 5.75 Å². The van der Waals surface area contributed by atoms with Crippen molar-refractivity contribution in [2.45, 2.75) is 27.2 Å². The largest absolute Gasteiger partial charge is 0.494 e. The predicted octanol–water partition coefficient (Wildman–Crippen LogP) is 4.41. The second-order valence-corrected chi connectivity index (χ2v) is 4.29. The van der Waals surface area contributed by atoms with Crippen molar-refractivity contribution in [2.24, 2.45) is 5.92 Å². The van der Waals surface area contributed by atoms with Crippen LogP contribution in [0.4, 0.5) is 0 Å². The summed E-state index contributed by atoms with van der Waals surface area (Å²) in [5, 5.41) is 0.925. The fourth-order valence-corrected chi connectivity index (χ4v) is 1.70. The van der Waals surface area contributed by atoms with Gasteiger partial charge in [-0.05, 0) is 43.9 Å². The highest BCUT2D eigenvalue weighted by Crippen LogP contribution is 2.21. The van der Waals surface area contributed by atoms with Gasteiger partial charge in [0, 0.05) is 5.03 Å². The van der Waals surface area contributed by atoms with Crippen LogP contribution in [-0.2, 0) is 6.42 Å². The molecule has 0 fully saturated rings. The van der Waals surface area contributed by atoms with Gasteiger partial charge in [-0.1, -0.05) is 36.7 Å². The summed E-state index contributed by atoms with van der Waals surface area (Å²) in [4.78, 5) is 0. The van der Waals surface area contributed by atoms with E-state index in [-0.39, 0.29) is 0 Å². The summed E-state index contributed by atoms with van der Waals surface area (Å²) >= 11 is 6.08. The normalized spacial score (nSPS) is 13.6. The molecule has 0 N–H and O–H groups in total. The number of rotatable bonds is 5. The van der Waals surface area contributed by atoms with Crippen LogP contribution >= 0.6 is 11.6 Å². The number of allylic oxidation sites excluding steroid dienone is 2. The van der Waals surface area contributed by atoms with Crippen molar-refractivity contribution in [1.82, 2.24) is 0 Å². The molecule has 1 aromatic rings. The molecule has 0 aromatic heterocycles. The van der Waals surface area contributed by atoms with Gasteiger partial charge < -0.3 is 4.74 Å². The third-order valence-corrected chi connectivity index (χ3v) is 3.11. The SMILES string of the molecule is CC=C(Cl)C(C)Cc1ccc(OCC)cc1. The molecular weight excluding hydrogens is 220 g/mol. The quantitative estimate of drug-likeness (QED) is 0.739. The first-order valence-electron chi connectivity index (χ1n) is 5.70. The Balaban J connectivity index is 2.61. The Morgan fingerprint density at radius 2 is 2.00 bits per heavy atom. The third kappa shape index (κ3) is 3.90. The molecule has 2 heteroatoms. The molecule has 88 valence electrons. The van der Waals surface area contributed by atoms with Crippen LogP contribution in [0.1, 0.15) is 26.3 Å². The van der Waals surface area contributed by atoms with E-state index in [0.29, 0.717) is 12.5 Å². The summed E-state index contributed by atoms with van der Waals surface area (Å²) < 4.78 is 5.40. The van der Waals surface area contributed by atoms with Gasteiger partial charge in [0.05, 0.1) is 6.61 Å². The predicted molar refractivity (Wildman–Crippen MR) is 70.1 cm³/mol. The van der Waals surface area contributed by atoms with Crippen molar-refractivity contribution in [3.8, 4) is 5.75 Å². The van der Waals surface area contributed by atoms with E-state index in [4.69, 9.17) is 16.3 Å². The molecule has 0 heterocycles. The molecule has 0 aliphatic carbocycles. The molecule has 0 aliphatic heterocycles. The average molecular weight is 239 g/mol. The second kappa shape index (κ2) is 6.59. The molecule has 16 heavy (non-hydrogen) atoms. The maximum atomic E-state index is 6.08. The van der Waals surface area contributed by atoms with E-state index in [1.54, 1.807) is 0 Å². The highest BCUT2D eigenvalue weighted by atomic mass is 35.5. The molecule has 1 rings (SSSR count). The van der Waals surface area contributed by atoms with Crippen LogP contribution in [0, 0.1) is 5.92 Å². The molecule has 0 saturated heterocycles. The Morgan fingerprint density at radius 1 is 1.38 bits per heavy atom. The lowest BCUT2D eigenvalue weighted by Crippen LogP contribution is -2.00. The lowest BCUT2D eigenvalue weighted by atomic mass is 10.0.